The van der Waals surface area contributed by atoms with E-state index in [0.717, 1.165) is 21.8 Å². The average Bonchev–Trinajstić information content (AvgIpc) is 3.38. The van der Waals surface area contributed by atoms with Crippen molar-refractivity contribution < 1.29 is 79.1 Å². The molecule has 0 unspecified atom stereocenters. The van der Waals surface area contributed by atoms with E-state index in [9.17, 15) is 29.7 Å². The number of benzene rings is 7. The SMILES string of the molecule is O=C(/C=C(/O)c1ccccc1)c1ccccc1.O=C(/C=C(/O)c1ccccc1)c1ccccc1.O=C(/C=C(/O)c1ccccc1)c1ccccc1.[Eu].c1cnc2c(c1)ccc1cccnc12. The van der Waals surface area contributed by atoms with Crippen LogP contribution in [0.5, 0.6) is 0 Å². The van der Waals surface area contributed by atoms with Crippen molar-refractivity contribution in [3.63, 3.8) is 0 Å². The van der Waals surface area contributed by atoms with Gasteiger partial charge in [-0.3, -0.25) is 24.4 Å². The molecule has 9 rings (SSSR count). The topological polar surface area (TPSA) is 138 Å². The predicted octanol–water partition coefficient (Wildman–Crippen LogP) is 13.2. The largest absolute Gasteiger partial charge is 0.507 e. The molecule has 3 N–H and O–H groups in total. The summed E-state index contributed by atoms with van der Waals surface area (Å²) in [5.41, 5.74) is 5.56. The van der Waals surface area contributed by atoms with Gasteiger partial charge in [-0.2, -0.15) is 0 Å². The molecular weight excluding hydrogens is 961 g/mol. The van der Waals surface area contributed by atoms with Gasteiger partial charge in [-0.15, -0.1) is 0 Å². The Morgan fingerprint density at radius 1 is 0.303 bits per heavy atom. The van der Waals surface area contributed by atoms with Crippen molar-refractivity contribution in [1.29, 1.82) is 0 Å². The molecule has 8 nitrogen and oxygen atoms in total. The number of rotatable bonds is 9. The van der Waals surface area contributed by atoms with Crippen molar-refractivity contribution in [2.75, 3.05) is 0 Å². The molecule has 0 fully saturated rings. The first-order valence-electron chi connectivity index (χ1n) is 20.5. The maximum atomic E-state index is 11.8. The Hall–Kier alpha value is -7.43. The van der Waals surface area contributed by atoms with E-state index < -0.39 is 0 Å². The van der Waals surface area contributed by atoms with E-state index >= 15 is 0 Å². The second kappa shape index (κ2) is 26.4. The summed E-state index contributed by atoms with van der Waals surface area (Å²) in [7, 11) is 0. The van der Waals surface area contributed by atoms with Crippen LogP contribution in [0.4, 0.5) is 0 Å². The van der Waals surface area contributed by atoms with Crippen LogP contribution in [-0.4, -0.2) is 42.6 Å². The van der Waals surface area contributed by atoms with Crippen LogP contribution in [0.3, 0.4) is 0 Å². The molecule has 2 heterocycles. The number of hydrogen-bond acceptors (Lipinski definition) is 8. The first kappa shape index (κ1) is 49.6. The summed E-state index contributed by atoms with van der Waals surface area (Å²) in [6.45, 7) is 0. The molecule has 7 aromatic carbocycles. The Morgan fingerprint density at radius 2 is 0.530 bits per heavy atom. The summed E-state index contributed by atoms with van der Waals surface area (Å²) < 4.78 is 0. The van der Waals surface area contributed by atoms with Crippen LogP contribution in [0.2, 0.25) is 0 Å². The van der Waals surface area contributed by atoms with Gasteiger partial charge in [0, 0.05) is 124 Å². The minimum absolute atomic E-state index is 0. The number of allylic oxidation sites excluding steroid dienone is 3. The number of carbonyl (C=O) groups excluding carboxylic acids is 3. The Labute approximate surface area is 424 Å². The van der Waals surface area contributed by atoms with Gasteiger partial charge < -0.3 is 15.3 Å². The van der Waals surface area contributed by atoms with Gasteiger partial charge in [0.05, 0.1) is 11.0 Å². The number of aliphatic hydroxyl groups is 3. The third-order valence-electron chi connectivity index (χ3n) is 9.53. The molecule has 66 heavy (non-hydrogen) atoms. The van der Waals surface area contributed by atoms with Gasteiger partial charge in [-0.05, 0) is 12.1 Å². The fourth-order valence-electron chi connectivity index (χ4n) is 6.19. The first-order valence-corrected chi connectivity index (χ1v) is 20.5. The molecule has 0 saturated heterocycles. The Balaban J connectivity index is 0.000000164. The second-order valence-corrected chi connectivity index (χ2v) is 14.1. The third kappa shape index (κ3) is 15.1. The van der Waals surface area contributed by atoms with E-state index in [1.54, 1.807) is 122 Å². The summed E-state index contributed by atoms with van der Waals surface area (Å²) in [5, 5.41) is 31.7. The minimum atomic E-state index is -0.202. The van der Waals surface area contributed by atoms with Crippen molar-refractivity contribution in [3.8, 4) is 0 Å². The number of ketones is 3. The first-order chi connectivity index (χ1) is 31.8. The Kier molecular flexibility index (Phi) is 19.8. The zero-order valence-electron chi connectivity index (χ0n) is 35.5. The van der Waals surface area contributed by atoms with Gasteiger partial charge >= 0.3 is 0 Å². The van der Waals surface area contributed by atoms with Gasteiger partial charge in [0.2, 0.25) is 0 Å². The standard InChI is InChI=1S/3C15H12O2.C12H8N2.Eu/c3*16-14(12-7-3-1-4-8-12)11-15(17)13-9-5-2-6-10-13;1-3-9-5-6-10-4-2-8-14-12(10)11(9)13-7-1;/h3*1-11,16H;1-8H;/b3*14-11+;;. The van der Waals surface area contributed by atoms with E-state index in [-0.39, 0.29) is 84.0 Å². The van der Waals surface area contributed by atoms with Crippen molar-refractivity contribution in [2.24, 2.45) is 0 Å². The molecular formula is C57H44EuN2O6. The van der Waals surface area contributed by atoms with Gasteiger partial charge in [0.15, 0.2) is 17.3 Å². The van der Waals surface area contributed by atoms with Crippen LogP contribution in [-0.2, 0) is 0 Å². The van der Waals surface area contributed by atoms with Gasteiger partial charge in [-0.25, -0.2) is 0 Å². The Morgan fingerprint density at radius 3 is 0.773 bits per heavy atom. The van der Waals surface area contributed by atoms with Crippen LogP contribution in [0, 0.1) is 49.4 Å². The summed E-state index contributed by atoms with van der Waals surface area (Å²) in [6.07, 6.45) is 7.33. The van der Waals surface area contributed by atoms with E-state index in [4.69, 9.17) is 0 Å². The molecule has 0 saturated carbocycles. The molecule has 0 aliphatic carbocycles. The third-order valence-corrected chi connectivity index (χ3v) is 9.53. The normalized spacial score (nSPS) is 10.9. The van der Waals surface area contributed by atoms with E-state index in [1.165, 1.54) is 18.2 Å². The molecule has 2 aromatic heterocycles. The zero-order valence-corrected chi connectivity index (χ0v) is 37.9. The molecule has 325 valence electrons. The van der Waals surface area contributed by atoms with Crippen molar-refractivity contribution in [3.05, 3.63) is 282 Å². The molecule has 9 aromatic rings. The second-order valence-electron chi connectivity index (χ2n) is 14.1. The van der Waals surface area contributed by atoms with Crippen LogP contribution < -0.4 is 0 Å². The number of fused-ring (bicyclic) bond motifs is 3. The number of aliphatic hydroxyl groups excluding tert-OH is 3. The smallest absolute Gasteiger partial charge is 0.189 e. The van der Waals surface area contributed by atoms with Crippen LogP contribution in [0.15, 0.2) is 249 Å². The summed E-state index contributed by atoms with van der Waals surface area (Å²) >= 11 is 0. The number of carbonyl (C=O) groups is 3. The number of nitrogens with zero attached hydrogens (tertiary/aromatic N) is 2. The monoisotopic (exact) mass is 1010 g/mol. The fourth-order valence-corrected chi connectivity index (χ4v) is 6.19. The maximum absolute atomic E-state index is 11.8. The molecule has 0 spiro atoms. The molecule has 9 heteroatoms. The molecule has 1 radical (unpaired) electrons. The predicted molar refractivity (Wildman–Crippen MR) is 261 cm³/mol. The van der Waals surface area contributed by atoms with Crippen LogP contribution in [0.1, 0.15) is 47.8 Å². The van der Waals surface area contributed by atoms with E-state index in [2.05, 4.69) is 34.2 Å². The fraction of sp³-hybridized carbons (Fsp3) is 0. The molecule has 0 aliphatic heterocycles. The summed E-state index contributed by atoms with van der Waals surface area (Å²) in [6, 6.07) is 65.7. The summed E-state index contributed by atoms with van der Waals surface area (Å²) in [4.78, 5) is 44.1. The molecule has 0 amide bonds. The number of hydrogen-bond donors (Lipinski definition) is 3. The minimum Gasteiger partial charge on any atom is -0.507 e. The molecule has 0 aliphatic rings. The quantitative estimate of drug-likeness (QED) is 0.0563. The van der Waals surface area contributed by atoms with Gasteiger partial charge in [0.25, 0.3) is 0 Å². The van der Waals surface area contributed by atoms with E-state index in [1.807, 2.05) is 84.9 Å². The molecule has 0 bridgehead atoms. The molecule has 0 atom stereocenters. The average molecular weight is 1000 g/mol. The van der Waals surface area contributed by atoms with Crippen LogP contribution in [0.25, 0.3) is 39.1 Å². The van der Waals surface area contributed by atoms with Crippen molar-refractivity contribution >= 4 is 56.4 Å². The van der Waals surface area contributed by atoms with E-state index in [0.29, 0.717) is 33.4 Å². The number of pyridine rings is 2. The Bertz CT molecular complexity index is 2740. The van der Waals surface area contributed by atoms with Crippen LogP contribution >= 0.6 is 0 Å². The summed E-state index contributed by atoms with van der Waals surface area (Å²) in [5.74, 6) is -0.649. The maximum Gasteiger partial charge on any atom is 0.189 e. The van der Waals surface area contributed by atoms with Gasteiger partial charge in [0.1, 0.15) is 17.3 Å². The zero-order chi connectivity index (χ0) is 45.6. The van der Waals surface area contributed by atoms with Gasteiger partial charge in [-0.1, -0.05) is 206 Å². The van der Waals surface area contributed by atoms with Crippen molar-refractivity contribution in [2.45, 2.75) is 0 Å². The number of aromatic nitrogens is 2. The van der Waals surface area contributed by atoms with Crippen molar-refractivity contribution in [1.82, 2.24) is 9.97 Å².